The first-order valence-electron chi connectivity index (χ1n) is 6.39. The van der Waals surface area contributed by atoms with E-state index in [0.717, 1.165) is 19.6 Å². The number of piperazine rings is 1. The number of hydrogen-bond acceptors (Lipinski definition) is 2. The smallest absolute Gasteiger partial charge is 0.0278 e. The minimum absolute atomic E-state index is 0.268. The summed E-state index contributed by atoms with van der Waals surface area (Å²) in [6.07, 6.45) is 5.73. The highest BCUT2D eigenvalue weighted by Gasteiger charge is 2.33. The number of nitrogens with zero attached hydrogens (tertiary/aromatic N) is 1. The van der Waals surface area contributed by atoms with E-state index >= 15 is 0 Å². The number of hydrogen-bond donors (Lipinski definition) is 1. The first-order valence-corrected chi connectivity index (χ1v) is 6.83. The largest absolute Gasteiger partial charge is 0.309 e. The fraction of sp³-hybridized carbons (Fsp3) is 0.846. The average Bonchev–Trinajstić information content (AvgIpc) is 2.30. The zero-order chi connectivity index (χ0) is 12.0. The minimum Gasteiger partial charge on any atom is -0.309 e. The Morgan fingerprint density at radius 1 is 1.50 bits per heavy atom. The maximum absolute atomic E-state index is 5.63. The van der Waals surface area contributed by atoms with Gasteiger partial charge in [0.15, 0.2) is 0 Å². The minimum atomic E-state index is 0.268. The standard InChI is InChI=1S/C13H25ClN2/c1-4-7-12-10-15-13(3,5-2)11-16(12)9-6-8-14/h6,8,12,15H,4-5,7,9-11H2,1-3H3/b8-6+. The van der Waals surface area contributed by atoms with E-state index in [4.69, 9.17) is 11.6 Å². The van der Waals surface area contributed by atoms with Crippen molar-refractivity contribution in [3.63, 3.8) is 0 Å². The molecule has 0 amide bonds. The van der Waals surface area contributed by atoms with Crippen molar-refractivity contribution < 1.29 is 0 Å². The van der Waals surface area contributed by atoms with Gasteiger partial charge in [0.1, 0.15) is 0 Å². The van der Waals surface area contributed by atoms with Crippen LogP contribution in [0.5, 0.6) is 0 Å². The van der Waals surface area contributed by atoms with Crippen molar-refractivity contribution in [1.29, 1.82) is 0 Å². The van der Waals surface area contributed by atoms with Crippen LogP contribution in [0.4, 0.5) is 0 Å². The second-order valence-corrected chi connectivity index (χ2v) is 5.28. The van der Waals surface area contributed by atoms with Gasteiger partial charge in [-0.25, -0.2) is 0 Å². The van der Waals surface area contributed by atoms with E-state index in [1.54, 1.807) is 5.54 Å². The predicted molar refractivity (Wildman–Crippen MR) is 72.0 cm³/mol. The van der Waals surface area contributed by atoms with Crippen molar-refractivity contribution in [2.24, 2.45) is 0 Å². The summed E-state index contributed by atoms with van der Waals surface area (Å²) in [5.74, 6) is 0. The lowest BCUT2D eigenvalue weighted by atomic mass is 9.92. The average molecular weight is 245 g/mol. The Labute approximate surface area is 105 Å². The number of rotatable bonds is 5. The Bertz CT molecular complexity index is 230. The molecule has 0 aliphatic carbocycles. The molecule has 0 bridgehead atoms. The van der Waals surface area contributed by atoms with E-state index in [9.17, 15) is 0 Å². The van der Waals surface area contributed by atoms with Gasteiger partial charge in [-0.3, -0.25) is 4.90 Å². The van der Waals surface area contributed by atoms with Gasteiger partial charge in [0.2, 0.25) is 0 Å². The molecule has 1 heterocycles. The second kappa shape index (κ2) is 6.63. The summed E-state index contributed by atoms with van der Waals surface area (Å²) in [6.45, 7) is 10.0. The topological polar surface area (TPSA) is 15.3 Å². The molecule has 0 saturated carbocycles. The molecule has 3 heteroatoms. The Morgan fingerprint density at radius 2 is 2.25 bits per heavy atom. The van der Waals surface area contributed by atoms with Gasteiger partial charge < -0.3 is 5.32 Å². The Hall–Kier alpha value is -0.0500. The van der Waals surface area contributed by atoms with Crippen LogP contribution in [0, 0.1) is 0 Å². The third-order valence-electron chi connectivity index (χ3n) is 3.66. The summed E-state index contributed by atoms with van der Waals surface area (Å²) < 4.78 is 0. The van der Waals surface area contributed by atoms with Crippen molar-refractivity contribution in [3.8, 4) is 0 Å². The van der Waals surface area contributed by atoms with E-state index in [-0.39, 0.29) is 5.54 Å². The number of nitrogens with one attached hydrogen (secondary N) is 1. The Kier molecular flexibility index (Phi) is 5.81. The van der Waals surface area contributed by atoms with Crippen molar-refractivity contribution >= 4 is 11.6 Å². The van der Waals surface area contributed by atoms with Crippen LogP contribution in [0.25, 0.3) is 0 Å². The van der Waals surface area contributed by atoms with Gasteiger partial charge in [-0.2, -0.15) is 0 Å². The molecule has 2 unspecified atom stereocenters. The molecule has 0 aromatic rings. The van der Waals surface area contributed by atoms with Gasteiger partial charge in [-0.1, -0.05) is 37.9 Å². The summed E-state index contributed by atoms with van der Waals surface area (Å²) in [5, 5.41) is 3.69. The fourth-order valence-electron chi connectivity index (χ4n) is 2.37. The zero-order valence-electron chi connectivity index (χ0n) is 10.8. The van der Waals surface area contributed by atoms with Crippen molar-refractivity contribution in [3.05, 3.63) is 11.6 Å². The van der Waals surface area contributed by atoms with Crippen LogP contribution in [0.1, 0.15) is 40.0 Å². The highest BCUT2D eigenvalue weighted by Crippen LogP contribution is 2.21. The van der Waals surface area contributed by atoms with Gasteiger partial charge >= 0.3 is 0 Å². The quantitative estimate of drug-likeness (QED) is 0.800. The molecule has 94 valence electrons. The van der Waals surface area contributed by atoms with E-state index in [0.29, 0.717) is 6.04 Å². The molecule has 1 aliphatic rings. The second-order valence-electron chi connectivity index (χ2n) is 5.03. The molecule has 1 rings (SSSR count). The molecule has 16 heavy (non-hydrogen) atoms. The maximum Gasteiger partial charge on any atom is 0.0278 e. The van der Waals surface area contributed by atoms with E-state index in [1.165, 1.54) is 19.3 Å². The molecule has 1 saturated heterocycles. The third-order valence-corrected chi connectivity index (χ3v) is 3.84. The van der Waals surface area contributed by atoms with Gasteiger partial charge in [-0.15, -0.1) is 0 Å². The third kappa shape index (κ3) is 3.76. The van der Waals surface area contributed by atoms with Gasteiger partial charge in [0, 0.05) is 36.8 Å². The monoisotopic (exact) mass is 244 g/mol. The van der Waals surface area contributed by atoms with Crippen molar-refractivity contribution in [1.82, 2.24) is 10.2 Å². The van der Waals surface area contributed by atoms with Gasteiger partial charge in [0.25, 0.3) is 0 Å². The van der Waals surface area contributed by atoms with Crippen LogP contribution in [0.3, 0.4) is 0 Å². The molecule has 1 fully saturated rings. The van der Waals surface area contributed by atoms with E-state index in [1.807, 2.05) is 6.08 Å². The summed E-state index contributed by atoms with van der Waals surface area (Å²) in [7, 11) is 0. The maximum atomic E-state index is 5.63. The van der Waals surface area contributed by atoms with Crippen molar-refractivity contribution in [2.45, 2.75) is 51.6 Å². The molecule has 2 atom stereocenters. The number of halogens is 1. The first kappa shape index (κ1) is 14.0. The van der Waals surface area contributed by atoms with Crippen LogP contribution < -0.4 is 5.32 Å². The lowest BCUT2D eigenvalue weighted by Crippen LogP contribution is -2.62. The normalized spacial score (nSPS) is 32.4. The molecular weight excluding hydrogens is 220 g/mol. The van der Waals surface area contributed by atoms with Crippen LogP contribution >= 0.6 is 11.6 Å². The van der Waals surface area contributed by atoms with Crippen molar-refractivity contribution in [2.75, 3.05) is 19.6 Å². The summed E-state index contributed by atoms with van der Waals surface area (Å²) >= 11 is 5.63. The summed E-state index contributed by atoms with van der Waals surface area (Å²) in [6, 6.07) is 0.664. The van der Waals surface area contributed by atoms with Gasteiger partial charge in [-0.05, 0) is 19.8 Å². The molecule has 1 aliphatic heterocycles. The summed E-state index contributed by atoms with van der Waals surface area (Å²) in [4.78, 5) is 2.56. The van der Waals surface area contributed by atoms with E-state index < -0.39 is 0 Å². The lowest BCUT2D eigenvalue weighted by molar-refractivity contribution is 0.0902. The highest BCUT2D eigenvalue weighted by atomic mass is 35.5. The molecule has 0 aromatic heterocycles. The van der Waals surface area contributed by atoms with Gasteiger partial charge in [0.05, 0.1) is 0 Å². The fourth-order valence-corrected chi connectivity index (χ4v) is 2.45. The summed E-state index contributed by atoms with van der Waals surface area (Å²) in [5.41, 5.74) is 1.90. The lowest BCUT2D eigenvalue weighted by Gasteiger charge is -2.45. The van der Waals surface area contributed by atoms with Crippen LogP contribution in [0.15, 0.2) is 11.6 Å². The molecule has 2 nitrogen and oxygen atoms in total. The molecule has 0 radical (unpaired) electrons. The van der Waals surface area contributed by atoms with Crippen LogP contribution in [-0.2, 0) is 0 Å². The van der Waals surface area contributed by atoms with Crippen LogP contribution in [-0.4, -0.2) is 36.1 Å². The highest BCUT2D eigenvalue weighted by molar-refractivity contribution is 6.25. The molecule has 0 aromatic carbocycles. The predicted octanol–water partition coefficient (Wildman–Crippen LogP) is 2.98. The van der Waals surface area contributed by atoms with Crippen LogP contribution in [0.2, 0.25) is 0 Å². The molecular formula is C13H25ClN2. The Morgan fingerprint density at radius 3 is 2.81 bits per heavy atom. The Balaban J connectivity index is 2.61. The zero-order valence-corrected chi connectivity index (χ0v) is 11.6. The van der Waals surface area contributed by atoms with E-state index in [2.05, 4.69) is 31.0 Å². The molecule has 0 spiro atoms. The SMILES string of the molecule is CCCC1CNC(C)(CC)CN1C/C=C/Cl. The molecule has 1 N–H and O–H groups in total. The first-order chi connectivity index (χ1) is 7.65.